The van der Waals surface area contributed by atoms with Crippen LogP contribution in [0.5, 0.6) is 23.3 Å². The van der Waals surface area contributed by atoms with Gasteiger partial charge >= 0.3 is 0 Å². The molecule has 4 aromatic carbocycles. The SMILES string of the molecule is C=CC(=O)Nc1cccc(Nc2nc(Cl)ncc2Br)c1.C=CC(=O)Nc1cccc(Nc2nc(Cl)ncc2Cl)c1.C=CC(=O)Nc1cccc(Oc2nc(Cl)ncc2Br)c1.C=CC(=O)Nc1cccc(Oc2nc(Cl)ncc2Cl)c1. The summed E-state index contributed by atoms with van der Waals surface area (Å²) in [5.74, 6) is 1.13. The summed E-state index contributed by atoms with van der Waals surface area (Å²) in [4.78, 5) is 76.0. The van der Waals surface area contributed by atoms with E-state index in [2.05, 4.69) is 130 Å². The Kier molecular flexibility index (Phi) is 25.2. The van der Waals surface area contributed by atoms with Gasteiger partial charge in [-0.3, -0.25) is 19.2 Å². The summed E-state index contributed by atoms with van der Waals surface area (Å²) in [6, 6.07) is 27.8. The Labute approximate surface area is 503 Å². The van der Waals surface area contributed by atoms with E-state index in [1.165, 1.54) is 42.9 Å². The first-order valence-corrected chi connectivity index (χ1v) is 25.9. The first-order chi connectivity index (χ1) is 38.3. The number of benzene rings is 4. The van der Waals surface area contributed by atoms with Crippen LogP contribution >= 0.6 is 101 Å². The van der Waals surface area contributed by atoms with E-state index in [0.29, 0.717) is 65.5 Å². The molecule has 8 rings (SSSR count). The van der Waals surface area contributed by atoms with Gasteiger partial charge in [-0.1, -0.05) is 73.8 Å². The summed E-state index contributed by atoms with van der Waals surface area (Å²) in [5, 5.41) is 17.6. The van der Waals surface area contributed by atoms with Gasteiger partial charge in [0.05, 0.1) is 21.3 Å². The number of hydrogen-bond acceptors (Lipinski definition) is 16. The van der Waals surface area contributed by atoms with Gasteiger partial charge in [0, 0.05) is 58.7 Å². The molecule has 20 nitrogen and oxygen atoms in total. The summed E-state index contributed by atoms with van der Waals surface area (Å²) in [6.07, 6.45) is 10.6. The van der Waals surface area contributed by atoms with E-state index >= 15 is 0 Å². The normalized spacial score (nSPS) is 9.90. The summed E-state index contributed by atoms with van der Waals surface area (Å²) < 4.78 is 12.3. The van der Waals surface area contributed by atoms with Gasteiger partial charge in [-0.2, -0.15) is 19.9 Å². The van der Waals surface area contributed by atoms with Crippen molar-refractivity contribution in [3.8, 4) is 23.3 Å². The molecule has 80 heavy (non-hydrogen) atoms. The average Bonchev–Trinajstić information content (AvgIpc) is 3.43. The second-order valence-electron chi connectivity index (χ2n) is 14.7. The van der Waals surface area contributed by atoms with Gasteiger partial charge in [-0.05, 0) is 163 Å². The van der Waals surface area contributed by atoms with E-state index in [4.69, 9.17) is 79.1 Å². The van der Waals surface area contributed by atoms with E-state index in [9.17, 15) is 19.2 Å². The minimum Gasteiger partial charge on any atom is -0.438 e. The molecule has 0 saturated heterocycles. The Morgan fingerprint density at radius 1 is 0.412 bits per heavy atom. The minimum atomic E-state index is -0.315. The number of carbonyl (C=O) groups excluding carboxylic acids is 4. The van der Waals surface area contributed by atoms with Crippen molar-refractivity contribution in [2.45, 2.75) is 0 Å². The lowest BCUT2D eigenvalue weighted by atomic mass is 10.2. The van der Waals surface area contributed by atoms with Crippen LogP contribution < -0.4 is 41.4 Å². The zero-order valence-corrected chi connectivity index (χ0v) is 48.4. The van der Waals surface area contributed by atoms with Crippen molar-refractivity contribution < 1.29 is 28.7 Å². The Balaban J connectivity index is 0.000000196. The number of rotatable bonds is 16. The summed E-state index contributed by atoms with van der Waals surface area (Å²) >= 11 is 41.3. The lowest BCUT2D eigenvalue weighted by Gasteiger charge is -2.09. The van der Waals surface area contributed by atoms with E-state index in [1.807, 2.05) is 6.07 Å². The molecule has 8 aromatic rings. The number of halogens is 8. The van der Waals surface area contributed by atoms with Gasteiger partial charge in [0.2, 0.25) is 56.5 Å². The molecule has 0 atom stereocenters. The molecule has 0 bridgehead atoms. The van der Waals surface area contributed by atoms with Crippen molar-refractivity contribution in [1.29, 1.82) is 0 Å². The highest BCUT2D eigenvalue weighted by Gasteiger charge is 2.11. The zero-order valence-electron chi connectivity index (χ0n) is 40.7. The number of amides is 4. The number of nitrogens with zero attached hydrogens (tertiary/aromatic N) is 8. The molecule has 6 N–H and O–H groups in total. The van der Waals surface area contributed by atoms with Crippen LogP contribution in [0, 0.1) is 0 Å². The van der Waals surface area contributed by atoms with Crippen LogP contribution in [-0.2, 0) is 19.2 Å². The van der Waals surface area contributed by atoms with Crippen LogP contribution in [-0.4, -0.2) is 63.5 Å². The molecule has 0 aliphatic heterocycles. The molecule has 408 valence electrons. The molecule has 28 heteroatoms. The number of nitrogens with one attached hydrogen (secondary N) is 6. The number of aromatic nitrogens is 8. The zero-order chi connectivity index (χ0) is 58.1. The first-order valence-electron chi connectivity index (χ1n) is 22.1. The third-order valence-corrected chi connectivity index (χ3v) is 11.3. The number of hydrogen-bond donors (Lipinski definition) is 6. The molecule has 0 spiro atoms. The van der Waals surface area contributed by atoms with Crippen LogP contribution in [0.4, 0.5) is 45.8 Å². The van der Waals surface area contributed by atoms with Gasteiger partial charge in [-0.25, -0.2) is 19.9 Å². The molecular formula is C52H38Br2Cl6N14O6. The molecule has 0 radical (unpaired) electrons. The molecule has 4 amide bonds. The molecule has 0 unspecified atom stereocenters. The molecule has 4 aromatic heterocycles. The third kappa shape index (κ3) is 21.6. The van der Waals surface area contributed by atoms with Crippen molar-refractivity contribution in [3.63, 3.8) is 0 Å². The topological polar surface area (TPSA) is 262 Å². The fourth-order valence-electron chi connectivity index (χ4n) is 5.57. The number of anilines is 8. The number of ether oxygens (including phenoxy) is 2. The van der Waals surface area contributed by atoms with Crippen LogP contribution in [0.25, 0.3) is 0 Å². The molecule has 0 fully saturated rings. The Hall–Kier alpha value is -8.06. The molecular weight excluding hydrogens is 1290 g/mol. The standard InChI is InChI=1S/C13H10BrClN4O.C13H9BrClN3O2.C13H10Cl2N4O.C13H9Cl2N3O2/c1-2-11(20)17-8-4-3-5-9(6-8)18-12-10(14)7-16-13(15)19-12;1-2-11(19)17-8-4-3-5-9(6-8)20-12-10(14)7-16-13(15)18-12;1-2-11(20)17-8-4-3-5-9(6-8)18-12-10(14)7-16-13(15)19-12;1-2-11(19)17-8-4-3-5-9(6-8)20-12-10(14)7-16-13(15)18-12/h2-7H,1H2,(H,17,20)(H,16,18,19);2-7H,1H2,(H,17,19);2-7H,1H2,(H,17,20)(H,16,18,19);2-7H,1H2,(H,17,19). The van der Waals surface area contributed by atoms with Crippen molar-refractivity contribution in [2.75, 3.05) is 31.9 Å². The minimum absolute atomic E-state index is 0.0283. The van der Waals surface area contributed by atoms with Crippen molar-refractivity contribution in [3.05, 3.63) is 213 Å². The Bertz CT molecular complexity index is 3110. The lowest BCUT2D eigenvalue weighted by Crippen LogP contribution is -2.07. The summed E-state index contributed by atoms with van der Waals surface area (Å²) in [7, 11) is 0. The van der Waals surface area contributed by atoms with Gasteiger partial charge in [0.15, 0.2) is 5.82 Å². The van der Waals surface area contributed by atoms with Crippen molar-refractivity contribution in [1.82, 2.24) is 39.9 Å². The Morgan fingerprint density at radius 2 is 0.750 bits per heavy atom. The van der Waals surface area contributed by atoms with Crippen LogP contribution in [0.2, 0.25) is 31.2 Å². The Morgan fingerprint density at radius 3 is 1.21 bits per heavy atom. The fraction of sp³-hybridized carbons (Fsp3) is 0. The molecule has 0 aliphatic carbocycles. The lowest BCUT2D eigenvalue weighted by molar-refractivity contribution is -0.112. The maximum atomic E-state index is 11.3. The van der Waals surface area contributed by atoms with Gasteiger partial charge in [0.25, 0.3) is 0 Å². The van der Waals surface area contributed by atoms with Crippen LogP contribution in [0.1, 0.15) is 0 Å². The van der Waals surface area contributed by atoms with E-state index < -0.39 is 0 Å². The van der Waals surface area contributed by atoms with Crippen molar-refractivity contribution in [2.24, 2.45) is 0 Å². The van der Waals surface area contributed by atoms with Gasteiger partial charge in [0.1, 0.15) is 27.4 Å². The van der Waals surface area contributed by atoms with E-state index in [-0.39, 0.29) is 61.5 Å². The van der Waals surface area contributed by atoms with Gasteiger partial charge < -0.3 is 41.4 Å². The maximum absolute atomic E-state index is 11.3. The third-order valence-electron chi connectivity index (χ3n) is 8.95. The second-order valence-corrected chi connectivity index (χ2v) is 18.6. The average molecular weight is 1330 g/mol. The van der Waals surface area contributed by atoms with Crippen LogP contribution in [0.15, 0.2) is 181 Å². The summed E-state index contributed by atoms with van der Waals surface area (Å²) in [5.41, 5.74) is 3.87. The second kappa shape index (κ2) is 32.1. The molecule has 0 aliphatic rings. The van der Waals surface area contributed by atoms with Gasteiger partial charge in [-0.15, -0.1) is 0 Å². The maximum Gasteiger partial charge on any atom is 0.247 e. The first kappa shape index (κ1) is 62.8. The smallest absolute Gasteiger partial charge is 0.247 e. The predicted molar refractivity (Wildman–Crippen MR) is 321 cm³/mol. The molecule has 4 heterocycles. The van der Waals surface area contributed by atoms with Crippen LogP contribution in [0.3, 0.4) is 0 Å². The number of carbonyl (C=O) groups is 4. The quantitative estimate of drug-likeness (QED) is 0.0388. The monoisotopic (exact) mass is 1320 g/mol. The van der Waals surface area contributed by atoms with E-state index in [1.54, 1.807) is 97.2 Å². The van der Waals surface area contributed by atoms with E-state index in [0.717, 1.165) is 5.69 Å². The van der Waals surface area contributed by atoms with Crippen molar-refractivity contribution >= 4 is 171 Å². The highest BCUT2D eigenvalue weighted by Crippen LogP contribution is 2.32. The fourth-order valence-corrected chi connectivity index (χ4v) is 6.91. The largest absolute Gasteiger partial charge is 0.438 e. The highest BCUT2D eigenvalue weighted by molar-refractivity contribution is 9.11. The predicted octanol–water partition coefficient (Wildman–Crippen LogP) is 14.9. The summed E-state index contributed by atoms with van der Waals surface area (Å²) in [6.45, 7) is 13.6. The molecule has 0 saturated carbocycles. The highest BCUT2D eigenvalue weighted by atomic mass is 79.9.